The highest BCUT2D eigenvalue weighted by molar-refractivity contribution is 9.10. The van der Waals surface area contributed by atoms with E-state index >= 15 is 0 Å². The predicted molar refractivity (Wildman–Crippen MR) is 51.5 cm³/mol. The van der Waals surface area contributed by atoms with Gasteiger partial charge < -0.3 is 0 Å². The highest BCUT2D eigenvalue weighted by Gasteiger charge is 2.10. The van der Waals surface area contributed by atoms with E-state index in [1.807, 2.05) is 6.07 Å². The molecule has 0 amide bonds. The van der Waals surface area contributed by atoms with Crippen molar-refractivity contribution in [3.8, 4) is 6.07 Å². The lowest BCUT2D eigenvalue weighted by Gasteiger charge is -2.06. The largest absolute Gasteiger partial charge is 0.282 e. The van der Waals surface area contributed by atoms with Crippen molar-refractivity contribution in [2.45, 2.75) is 13.0 Å². The standard InChI is InChI=1S/C7H5BrClN3O/c1-4(2-10)12-3-11-6(9)5(8)7(12)13/h3-4H,1H3. The molecular formula is C7H5BrClN3O. The summed E-state index contributed by atoms with van der Waals surface area (Å²) in [6.07, 6.45) is 1.25. The molecule has 6 heteroatoms. The van der Waals surface area contributed by atoms with E-state index < -0.39 is 6.04 Å². The van der Waals surface area contributed by atoms with Gasteiger partial charge in [0.2, 0.25) is 0 Å². The minimum Gasteiger partial charge on any atom is -0.282 e. The zero-order valence-electron chi connectivity index (χ0n) is 6.66. The third kappa shape index (κ3) is 1.90. The third-order valence-electron chi connectivity index (χ3n) is 1.50. The minimum atomic E-state index is -0.548. The van der Waals surface area contributed by atoms with E-state index in [0.29, 0.717) is 0 Å². The van der Waals surface area contributed by atoms with Gasteiger partial charge in [0, 0.05) is 0 Å². The average molecular weight is 262 g/mol. The molecule has 0 saturated carbocycles. The molecule has 0 bridgehead atoms. The molecule has 0 aliphatic rings. The second-order valence-electron chi connectivity index (χ2n) is 2.37. The molecule has 13 heavy (non-hydrogen) atoms. The molecule has 0 aliphatic carbocycles. The van der Waals surface area contributed by atoms with Gasteiger partial charge in [-0.05, 0) is 22.9 Å². The molecule has 68 valence electrons. The maximum atomic E-state index is 11.4. The second kappa shape index (κ2) is 3.90. The Morgan fingerprint density at radius 2 is 2.46 bits per heavy atom. The van der Waals surface area contributed by atoms with E-state index in [-0.39, 0.29) is 15.2 Å². The van der Waals surface area contributed by atoms with Crippen molar-refractivity contribution in [3.05, 3.63) is 26.3 Å². The lowest BCUT2D eigenvalue weighted by atomic mass is 10.4. The van der Waals surface area contributed by atoms with E-state index in [2.05, 4.69) is 20.9 Å². The van der Waals surface area contributed by atoms with Gasteiger partial charge >= 0.3 is 0 Å². The summed E-state index contributed by atoms with van der Waals surface area (Å²) in [6, 6.07) is 1.38. The van der Waals surface area contributed by atoms with E-state index in [4.69, 9.17) is 16.9 Å². The SMILES string of the molecule is CC(C#N)n1cnc(Cl)c(Br)c1=O. The number of nitrogens with zero attached hydrogens (tertiary/aromatic N) is 3. The van der Waals surface area contributed by atoms with Crippen LogP contribution in [0.2, 0.25) is 5.15 Å². The molecule has 1 atom stereocenters. The number of rotatable bonds is 1. The molecule has 0 radical (unpaired) electrons. The molecule has 0 fully saturated rings. The molecule has 4 nitrogen and oxygen atoms in total. The normalized spacial score (nSPS) is 12.2. The van der Waals surface area contributed by atoms with Crippen LogP contribution in [0.15, 0.2) is 15.6 Å². The van der Waals surface area contributed by atoms with E-state index in [9.17, 15) is 4.79 Å². The molecule has 0 aliphatic heterocycles. The Bertz CT molecular complexity index is 423. The molecule has 1 rings (SSSR count). The fourth-order valence-corrected chi connectivity index (χ4v) is 1.19. The highest BCUT2D eigenvalue weighted by atomic mass is 79.9. The van der Waals surface area contributed by atoms with Crippen LogP contribution in [-0.4, -0.2) is 9.55 Å². The van der Waals surface area contributed by atoms with E-state index in [1.54, 1.807) is 6.92 Å². The topological polar surface area (TPSA) is 58.7 Å². The number of aromatic nitrogens is 2. The van der Waals surface area contributed by atoms with Crippen LogP contribution < -0.4 is 5.56 Å². The summed E-state index contributed by atoms with van der Waals surface area (Å²) in [5, 5.41) is 8.69. The minimum absolute atomic E-state index is 0.103. The number of hydrogen-bond donors (Lipinski definition) is 0. The first-order valence-electron chi connectivity index (χ1n) is 3.39. The van der Waals surface area contributed by atoms with Gasteiger partial charge in [0.1, 0.15) is 16.8 Å². The summed E-state index contributed by atoms with van der Waals surface area (Å²) in [5.41, 5.74) is -0.353. The first-order chi connectivity index (χ1) is 6.07. The van der Waals surface area contributed by atoms with Crippen LogP contribution in [-0.2, 0) is 0 Å². The highest BCUT2D eigenvalue weighted by Crippen LogP contribution is 2.14. The van der Waals surface area contributed by atoms with Gasteiger partial charge in [0.15, 0.2) is 5.15 Å². The fraction of sp³-hybridized carbons (Fsp3) is 0.286. The summed E-state index contributed by atoms with van der Waals surface area (Å²) >= 11 is 8.57. The fourth-order valence-electron chi connectivity index (χ4n) is 0.762. The van der Waals surface area contributed by atoms with Gasteiger partial charge in [-0.25, -0.2) is 4.98 Å². The first-order valence-corrected chi connectivity index (χ1v) is 4.56. The van der Waals surface area contributed by atoms with Crippen molar-refractivity contribution in [1.29, 1.82) is 5.26 Å². The van der Waals surface area contributed by atoms with Crippen LogP contribution in [0.3, 0.4) is 0 Å². The molecule has 1 unspecified atom stereocenters. The Hall–Kier alpha value is -0.860. The summed E-state index contributed by atoms with van der Waals surface area (Å²) in [7, 11) is 0. The van der Waals surface area contributed by atoms with Gasteiger partial charge in [-0.15, -0.1) is 0 Å². The van der Waals surface area contributed by atoms with E-state index in [1.165, 1.54) is 10.9 Å². The predicted octanol–water partition coefficient (Wildman–Crippen LogP) is 1.74. The Labute approximate surface area is 87.9 Å². The van der Waals surface area contributed by atoms with E-state index in [0.717, 1.165) is 0 Å². The third-order valence-corrected chi connectivity index (χ3v) is 2.73. The first kappa shape index (κ1) is 10.2. The summed E-state index contributed by atoms with van der Waals surface area (Å²) in [4.78, 5) is 15.2. The summed E-state index contributed by atoms with van der Waals surface area (Å²) in [6.45, 7) is 1.60. The van der Waals surface area contributed by atoms with Crippen molar-refractivity contribution < 1.29 is 0 Å². The Morgan fingerprint density at radius 1 is 1.85 bits per heavy atom. The van der Waals surface area contributed by atoms with Gasteiger partial charge in [0.05, 0.1) is 6.07 Å². The molecule has 0 N–H and O–H groups in total. The molecule has 0 aromatic carbocycles. The molecule has 1 aromatic heterocycles. The van der Waals surface area contributed by atoms with Crippen LogP contribution in [0.5, 0.6) is 0 Å². The van der Waals surface area contributed by atoms with Crippen molar-refractivity contribution >= 4 is 27.5 Å². The summed E-state index contributed by atoms with van der Waals surface area (Å²) in [5.74, 6) is 0. The van der Waals surface area contributed by atoms with Gasteiger partial charge in [-0.3, -0.25) is 9.36 Å². The van der Waals surface area contributed by atoms with Crippen molar-refractivity contribution in [2.75, 3.05) is 0 Å². The smallest absolute Gasteiger partial charge is 0.270 e. The number of hydrogen-bond acceptors (Lipinski definition) is 3. The zero-order valence-corrected chi connectivity index (χ0v) is 9.00. The Kier molecular flexibility index (Phi) is 3.07. The molecule has 0 spiro atoms. The Morgan fingerprint density at radius 3 is 3.00 bits per heavy atom. The molecule has 1 aromatic rings. The lowest BCUT2D eigenvalue weighted by Crippen LogP contribution is -2.23. The van der Waals surface area contributed by atoms with Gasteiger partial charge in [-0.1, -0.05) is 11.6 Å². The number of nitriles is 1. The van der Waals surface area contributed by atoms with Crippen molar-refractivity contribution in [2.24, 2.45) is 0 Å². The van der Waals surface area contributed by atoms with Crippen molar-refractivity contribution in [1.82, 2.24) is 9.55 Å². The summed E-state index contributed by atoms with van der Waals surface area (Å²) < 4.78 is 1.38. The molecular weight excluding hydrogens is 257 g/mol. The van der Waals surface area contributed by atoms with Gasteiger partial charge in [-0.2, -0.15) is 5.26 Å². The van der Waals surface area contributed by atoms with Crippen molar-refractivity contribution in [3.63, 3.8) is 0 Å². The number of halogens is 2. The maximum Gasteiger partial charge on any atom is 0.270 e. The van der Waals surface area contributed by atoms with Gasteiger partial charge in [0.25, 0.3) is 5.56 Å². The Balaban J connectivity index is 3.37. The van der Waals surface area contributed by atoms with Crippen LogP contribution in [0.4, 0.5) is 0 Å². The maximum absolute atomic E-state index is 11.4. The van der Waals surface area contributed by atoms with Crippen LogP contribution in [0, 0.1) is 11.3 Å². The zero-order chi connectivity index (χ0) is 10.0. The lowest BCUT2D eigenvalue weighted by molar-refractivity contribution is 0.628. The van der Waals surface area contributed by atoms with Crippen LogP contribution >= 0.6 is 27.5 Å². The van der Waals surface area contributed by atoms with Crippen LogP contribution in [0.25, 0.3) is 0 Å². The second-order valence-corrected chi connectivity index (χ2v) is 3.52. The molecule has 1 heterocycles. The average Bonchev–Trinajstić information content (AvgIpc) is 2.13. The quantitative estimate of drug-likeness (QED) is 0.724. The molecule has 0 saturated heterocycles. The monoisotopic (exact) mass is 261 g/mol. The van der Waals surface area contributed by atoms with Crippen LogP contribution in [0.1, 0.15) is 13.0 Å².